The third-order valence-electron chi connectivity index (χ3n) is 3.85. The maximum absolute atomic E-state index is 12.2. The Hall–Kier alpha value is -1.50. The Morgan fingerprint density at radius 3 is 2.46 bits per heavy atom. The van der Waals surface area contributed by atoms with Gasteiger partial charge in [-0.25, -0.2) is 4.79 Å². The largest absolute Gasteiger partial charge is 0.444 e. The first kappa shape index (κ1) is 22.5. The number of carbonyl (C=O) groups is 1. The molecule has 0 aromatic carbocycles. The Balaban J connectivity index is 2.19. The molecule has 0 saturated heterocycles. The third kappa shape index (κ3) is 11.2. The van der Waals surface area contributed by atoms with Crippen molar-refractivity contribution in [1.29, 1.82) is 0 Å². The van der Waals surface area contributed by atoms with Crippen LogP contribution in [0.15, 0.2) is 4.99 Å². The molecule has 0 unspecified atom stereocenters. The topological polar surface area (TPSA) is 75.2 Å². The molecule has 1 aliphatic carbocycles. The number of ether oxygens (including phenoxy) is 2. The highest BCUT2D eigenvalue weighted by molar-refractivity contribution is 5.79. The van der Waals surface area contributed by atoms with Crippen molar-refractivity contribution in [2.45, 2.75) is 59.0 Å². The first-order valence-electron chi connectivity index (χ1n) is 9.86. The second-order valence-electron chi connectivity index (χ2n) is 7.77. The Morgan fingerprint density at radius 2 is 1.88 bits per heavy atom. The van der Waals surface area contributed by atoms with Gasteiger partial charge in [0.05, 0.1) is 0 Å². The molecule has 1 fully saturated rings. The summed E-state index contributed by atoms with van der Waals surface area (Å²) in [6.07, 6.45) is 4.23. The van der Waals surface area contributed by atoms with Gasteiger partial charge < -0.3 is 25.0 Å². The minimum atomic E-state index is -0.477. The van der Waals surface area contributed by atoms with Gasteiger partial charge in [0, 0.05) is 46.4 Å². The Bertz CT molecular complexity index is 431. The van der Waals surface area contributed by atoms with Crippen molar-refractivity contribution in [3.8, 4) is 0 Å². The van der Waals surface area contributed by atoms with Crippen molar-refractivity contribution in [1.82, 2.24) is 15.5 Å². The average molecular weight is 371 g/mol. The second kappa shape index (κ2) is 12.0. The van der Waals surface area contributed by atoms with Gasteiger partial charge in [-0.15, -0.1) is 0 Å². The van der Waals surface area contributed by atoms with E-state index in [4.69, 9.17) is 9.47 Å². The van der Waals surface area contributed by atoms with Gasteiger partial charge in [-0.1, -0.05) is 6.92 Å². The molecule has 1 rings (SSSR count). The van der Waals surface area contributed by atoms with E-state index in [-0.39, 0.29) is 6.09 Å². The van der Waals surface area contributed by atoms with E-state index in [2.05, 4.69) is 22.5 Å². The van der Waals surface area contributed by atoms with Gasteiger partial charge in [0.2, 0.25) is 0 Å². The van der Waals surface area contributed by atoms with Gasteiger partial charge >= 0.3 is 6.09 Å². The maximum atomic E-state index is 12.2. The molecule has 1 saturated carbocycles. The number of nitrogens with one attached hydrogen (secondary N) is 2. The first-order chi connectivity index (χ1) is 12.4. The molecule has 0 aliphatic heterocycles. The molecule has 0 spiro atoms. The fraction of sp³-hybridized carbons (Fsp3) is 0.895. The number of guanidine groups is 1. The van der Waals surface area contributed by atoms with Crippen LogP contribution in [0.3, 0.4) is 0 Å². The van der Waals surface area contributed by atoms with Gasteiger partial charge in [0.1, 0.15) is 5.60 Å². The fourth-order valence-corrected chi connectivity index (χ4v) is 2.34. The predicted octanol–water partition coefficient (Wildman–Crippen LogP) is 2.62. The summed E-state index contributed by atoms with van der Waals surface area (Å²) in [5.74, 6) is 1.56. The highest BCUT2D eigenvalue weighted by Crippen LogP contribution is 2.28. The van der Waals surface area contributed by atoms with Crippen LogP contribution < -0.4 is 10.6 Å². The van der Waals surface area contributed by atoms with Crippen LogP contribution in [0.1, 0.15) is 53.4 Å². The van der Waals surface area contributed by atoms with E-state index in [9.17, 15) is 4.79 Å². The molecule has 0 aromatic rings. The average Bonchev–Trinajstić information content (AvgIpc) is 3.38. The van der Waals surface area contributed by atoms with E-state index in [0.717, 1.165) is 44.5 Å². The first-order valence-corrected chi connectivity index (χ1v) is 9.86. The highest BCUT2D eigenvalue weighted by Gasteiger charge is 2.21. The predicted molar refractivity (Wildman–Crippen MR) is 106 cm³/mol. The minimum absolute atomic E-state index is 0.267. The molecule has 7 nitrogen and oxygen atoms in total. The van der Waals surface area contributed by atoms with Gasteiger partial charge in [-0.05, 0) is 52.4 Å². The zero-order valence-corrected chi connectivity index (χ0v) is 17.3. The lowest BCUT2D eigenvalue weighted by Gasteiger charge is -2.27. The summed E-state index contributed by atoms with van der Waals surface area (Å²) in [6, 6.07) is 0. The molecular formula is C19H38N4O3. The molecule has 0 heterocycles. The highest BCUT2D eigenvalue weighted by atomic mass is 16.6. The number of hydrogen-bond acceptors (Lipinski definition) is 4. The quantitative estimate of drug-likeness (QED) is 0.332. The van der Waals surface area contributed by atoms with Crippen LogP contribution in [0.2, 0.25) is 0 Å². The smallest absolute Gasteiger partial charge is 0.410 e. The molecule has 0 bridgehead atoms. The molecular weight excluding hydrogens is 332 g/mol. The molecule has 152 valence electrons. The van der Waals surface area contributed by atoms with Crippen molar-refractivity contribution in [2.75, 3.05) is 46.4 Å². The van der Waals surface area contributed by atoms with E-state index >= 15 is 0 Å². The monoisotopic (exact) mass is 370 g/mol. The fourth-order valence-electron chi connectivity index (χ4n) is 2.34. The summed E-state index contributed by atoms with van der Waals surface area (Å²) >= 11 is 0. The second-order valence-corrected chi connectivity index (χ2v) is 7.77. The third-order valence-corrected chi connectivity index (χ3v) is 3.85. The summed E-state index contributed by atoms with van der Waals surface area (Å²) in [7, 11) is 1.75. The zero-order chi connectivity index (χ0) is 19.4. The van der Waals surface area contributed by atoms with Crippen molar-refractivity contribution < 1.29 is 14.3 Å². The van der Waals surface area contributed by atoms with Crippen molar-refractivity contribution in [3.05, 3.63) is 0 Å². The van der Waals surface area contributed by atoms with Crippen LogP contribution in [-0.4, -0.2) is 69.0 Å². The number of hydrogen-bond donors (Lipinski definition) is 2. The van der Waals surface area contributed by atoms with E-state index in [1.807, 2.05) is 20.8 Å². The van der Waals surface area contributed by atoms with Crippen LogP contribution in [-0.2, 0) is 9.47 Å². The maximum Gasteiger partial charge on any atom is 0.410 e. The van der Waals surface area contributed by atoms with Crippen LogP contribution >= 0.6 is 0 Å². The van der Waals surface area contributed by atoms with Crippen LogP contribution in [0.4, 0.5) is 4.79 Å². The molecule has 1 amide bonds. The molecule has 26 heavy (non-hydrogen) atoms. The van der Waals surface area contributed by atoms with Crippen molar-refractivity contribution in [2.24, 2.45) is 10.9 Å². The molecule has 1 aliphatic rings. The lowest BCUT2D eigenvalue weighted by atomic mass is 10.2. The lowest BCUT2D eigenvalue weighted by Crippen LogP contribution is -2.44. The van der Waals surface area contributed by atoms with Gasteiger partial charge in [-0.2, -0.15) is 0 Å². The lowest BCUT2D eigenvalue weighted by molar-refractivity contribution is 0.0253. The number of aliphatic imine (C=N–C) groups is 1. The standard InChI is InChI=1S/C19H38N4O3/c1-6-12-23(18(24)26-19(2,3)4)13-11-22-17(20-5)21-10-7-14-25-15-16-8-9-16/h16H,6-15H2,1-5H3,(H2,20,21,22). The number of nitrogens with zero attached hydrogens (tertiary/aromatic N) is 2. The van der Waals surface area contributed by atoms with Crippen LogP contribution in [0, 0.1) is 5.92 Å². The number of rotatable bonds is 11. The van der Waals surface area contributed by atoms with Gasteiger partial charge in [-0.3, -0.25) is 4.99 Å². The summed E-state index contributed by atoms with van der Waals surface area (Å²) in [6.45, 7) is 12.1. The number of carbonyl (C=O) groups excluding carboxylic acids is 1. The molecule has 0 atom stereocenters. The Labute approximate surface area is 158 Å². The number of amides is 1. The molecule has 0 aromatic heterocycles. The van der Waals surface area contributed by atoms with E-state index in [0.29, 0.717) is 19.6 Å². The molecule has 2 N–H and O–H groups in total. The molecule has 7 heteroatoms. The van der Waals surface area contributed by atoms with Crippen LogP contribution in [0.5, 0.6) is 0 Å². The van der Waals surface area contributed by atoms with Crippen molar-refractivity contribution in [3.63, 3.8) is 0 Å². The summed E-state index contributed by atoms with van der Waals surface area (Å²) < 4.78 is 11.1. The Kier molecular flexibility index (Phi) is 10.4. The summed E-state index contributed by atoms with van der Waals surface area (Å²) in [5, 5.41) is 6.51. The summed E-state index contributed by atoms with van der Waals surface area (Å²) in [4.78, 5) is 18.2. The van der Waals surface area contributed by atoms with E-state index in [1.165, 1.54) is 12.8 Å². The van der Waals surface area contributed by atoms with Crippen LogP contribution in [0.25, 0.3) is 0 Å². The van der Waals surface area contributed by atoms with E-state index < -0.39 is 5.60 Å². The van der Waals surface area contributed by atoms with Crippen molar-refractivity contribution >= 4 is 12.1 Å². The minimum Gasteiger partial charge on any atom is -0.444 e. The normalized spacial score (nSPS) is 14.9. The van der Waals surface area contributed by atoms with Gasteiger partial charge in [0.25, 0.3) is 0 Å². The molecule has 0 radical (unpaired) electrons. The van der Waals surface area contributed by atoms with E-state index in [1.54, 1.807) is 11.9 Å². The SMILES string of the molecule is CCCN(CCNC(=NC)NCCCOCC1CC1)C(=O)OC(C)(C)C. The zero-order valence-electron chi connectivity index (χ0n) is 17.3. The Morgan fingerprint density at radius 1 is 1.19 bits per heavy atom. The van der Waals surface area contributed by atoms with Gasteiger partial charge in [0.15, 0.2) is 5.96 Å². The summed E-state index contributed by atoms with van der Waals surface area (Å²) in [5.41, 5.74) is -0.477.